The van der Waals surface area contributed by atoms with Crippen molar-refractivity contribution in [2.45, 2.75) is 6.92 Å². The van der Waals surface area contributed by atoms with Gasteiger partial charge in [0, 0.05) is 23.1 Å². The van der Waals surface area contributed by atoms with Crippen molar-refractivity contribution < 1.29 is 28.6 Å². The molecule has 0 amide bonds. The van der Waals surface area contributed by atoms with Crippen molar-refractivity contribution in [3.05, 3.63) is 69.9 Å². The Kier molecular flexibility index (Phi) is 8.70. The molecule has 0 bridgehead atoms. The van der Waals surface area contributed by atoms with Crippen LogP contribution in [0.4, 0.5) is 0 Å². The summed E-state index contributed by atoms with van der Waals surface area (Å²) in [5.41, 5.74) is 1.30. The summed E-state index contributed by atoms with van der Waals surface area (Å²) in [4.78, 5) is 28.4. The zero-order valence-corrected chi connectivity index (χ0v) is 18.0. The predicted octanol–water partition coefficient (Wildman–Crippen LogP) is 4.50. The highest BCUT2D eigenvalue weighted by molar-refractivity contribution is 6.35. The second-order valence-corrected chi connectivity index (χ2v) is 6.63. The number of methoxy groups -OCH3 is 2. The average Bonchev–Trinajstić information content (AvgIpc) is 2.72. The topological polar surface area (TPSA) is 83.4 Å². The Morgan fingerprint density at radius 2 is 1.77 bits per heavy atom. The van der Waals surface area contributed by atoms with E-state index >= 15 is 0 Å². The summed E-state index contributed by atoms with van der Waals surface area (Å²) >= 11 is 12.1. The minimum Gasteiger partial charge on any atom is -0.503 e. The van der Waals surface area contributed by atoms with E-state index in [2.05, 4.69) is 5.16 Å². The summed E-state index contributed by atoms with van der Waals surface area (Å²) < 4.78 is 15.6. The highest BCUT2D eigenvalue weighted by Gasteiger charge is 2.20. The highest BCUT2D eigenvalue weighted by atomic mass is 35.5. The highest BCUT2D eigenvalue weighted by Crippen LogP contribution is 2.28. The van der Waals surface area contributed by atoms with Gasteiger partial charge in [-0.1, -0.05) is 52.6 Å². The Balaban J connectivity index is 2.47. The molecule has 0 aliphatic heterocycles. The van der Waals surface area contributed by atoms with Crippen LogP contribution < -0.4 is 4.74 Å². The number of esters is 1. The average molecular weight is 452 g/mol. The van der Waals surface area contributed by atoms with Crippen molar-refractivity contribution in [2.75, 3.05) is 20.8 Å². The number of rotatable bonds is 8. The molecular formula is C21H19Cl2NO6. The van der Waals surface area contributed by atoms with Gasteiger partial charge in [0.25, 0.3) is 0 Å². The molecule has 2 aromatic rings. The van der Waals surface area contributed by atoms with Gasteiger partial charge in [0.15, 0.2) is 0 Å². The summed E-state index contributed by atoms with van der Waals surface area (Å²) in [7, 11) is 2.67. The Labute approximate surface area is 183 Å². The lowest BCUT2D eigenvalue weighted by atomic mass is 9.97. The molecule has 2 rings (SSSR count). The summed E-state index contributed by atoms with van der Waals surface area (Å²) in [5.74, 6) is -0.873. The molecule has 0 heterocycles. The molecule has 0 fully saturated rings. The van der Waals surface area contributed by atoms with Crippen molar-refractivity contribution >= 4 is 46.4 Å². The van der Waals surface area contributed by atoms with E-state index in [0.29, 0.717) is 26.9 Å². The number of ether oxygens (including phenoxy) is 3. The van der Waals surface area contributed by atoms with E-state index in [4.69, 9.17) is 42.3 Å². The fourth-order valence-corrected chi connectivity index (χ4v) is 2.89. The molecule has 0 saturated heterocycles. The van der Waals surface area contributed by atoms with Crippen LogP contribution in [0.25, 0.3) is 5.57 Å². The first kappa shape index (κ1) is 23.3. The lowest BCUT2D eigenvalue weighted by Crippen LogP contribution is -2.18. The molecule has 0 unspecified atom stereocenters. The fourth-order valence-electron chi connectivity index (χ4n) is 2.43. The van der Waals surface area contributed by atoms with Gasteiger partial charge >= 0.3 is 11.9 Å². The van der Waals surface area contributed by atoms with E-state index in [9.17, 15) is 9.59 Å². The van der Waals surface area contributed by atoms with Crippen LogP contribution in [0.1, 0.15) is 18.1 Å². The zero-order chi connectivity index (χ0) is 22.1. The summed E-state index contributed by atoms with van der Waals surface area (Å²) in [6.07, 6.45) is 1.25. The standard InChI is InChI=1S/C21H19Cl2NO6/c1-13(25)30-24-19(12-29-20-9-8-14(22)10-18(20)23)16-7-5-4-6-15(16)17(11-27-2)21(26)28-3/h4-11H,12H2,1-3H3. The third-order valence-electron chi connectivity index (χ3n) is 3.71. The molecule has 0 spiro atoms. The third kappa shape index (κ3) is 6.23. The van der Waals surface area contributed by atoms with E-state index in [0.717, 1.165) is 0 Å². The van der Waals surface area contributed by atoms with Crippen LogP contribution >= 0.6 is 23.2 Å². The van der Waals surface area contributed by atoms with Gasteiger partial charge < -0.3 is 19.0 Å². The van der Waals surface area contributed by atoms with Crippen LogP contribution in [-0.4, -0.2) is 38.5 Å². The van der Waals surface area contributed by atoms with Crippen LogP contribution in [-0.2, 0) is 23.9 Å². The van der Waals surface area contributed by atoms with Crippen LogP contribution in [0.2, 0.25) is 10.0 Å². The molecule has 7 nitrogen and oxygen atoms in total. The van der Waals surface area contributed by atoms with E-state index < -0.39 is 11.9 Å². The van der Waals surface area contributed by atoms with Gasteiger partial charge in [0.2, 0.25) is 0 Å². The third-order valence-corrected chi connectivity index (χ3v) is 4.24. The molecule has 0 atom stereocenters. The molecule has 0 radical (unpaired) electrons. The number of oxime groups is 1. The van der Waals surface area contributed by atoms with E-state index in [-0.39, 0.29) is 17.9 Å². The van der Waals surface area contributed by atoms with E-state index in [1.165, 1.54) is 33.5 Å². The lowest BCUT2D eigenvalue weighted by Gasteiger charge is -2.14. The number of hydrogen-bond donors (Lipinski definition) is 0. The molecule has 0 aromatic heterocycles. The molecule has 0 saturated carbocycles. The SMILES string of the molecule is COC=C(C(=O)OC)c1ccccc1C(COc1ccc(Cl)cc1Cl)=NOC(C)=O. The maximum Gasteiger partial charge on any atom is 0.341 e. The number of carbonyl (C=O) groups is 2. The van der Waals surface area contributed by atoms with E-state index in [1.54, 1.807) is 36.4 Å². The first-order valence-electron chi connectivity index (χ1n) is 8.60. The van der Waals surface area contributed by atoms with Gasteiger partial charge in [0.1, 0.15) is 23.6 Å². The van der Waals surface area contributed by atoms with Crippen molar-refractivity contribution in [3.8, 4) is 5.75 Å². The molecule has 9 heteroatoms. The Morgan fingerprint density at radius 3 is 2.37 bits per heavy atom. The van der Waals surface area contributed by atoms with Gasteiger partial charge in [0.05, 0.1) is 25.5 Å². The largest absolute Gasteiger partial charge is 0.503 e. The van der Waals surface area contributed by atoms with Gasteiger partial charge in [-0.05, 0) is 18.2 Å². The van der Waals surface area contributed by atoms with Crippen LogP contribution in [0.5, 0.6) is 5.75 Å². The van der Waals surface area contributed by atoms with Gasteiger partial charge in [-0.15, -0.1) is 0 Å². The normalized spacial score (nSPS) is 11.6. The quantitative estimate of drug-likeness (QED) is 0.147. The second-order valence-electron chi connectivity index (χ2n) is 5.79. The second kappa shape index (κ2) is 11.2. The molecule has 158 valence electrons. The Hall–Kier alpha value is -3.03. The summed E-state index contributed by atoms with van der Waals surface area (Å²) in [6.45, 7) is 1.10. The van der Waals surface area contributed by atoms with Gasteiger partial charge in [-0.25, -0.2) is 9.59 Å². The van der Waals surface area contributed by atoms with Crippen LogP contribution in [0.3, 0.4) is 0 Å². The number of nitrogens with zero attached hydrogens (tertiary/aromatic N) is 1. The minimum absolute atomic E-state index is 0.118. The first-order valence-corrected chi connectivity index (χ1v) is 9.36. The summed E-state index contributed by atoms with van der Waals surface area (Å²) in [5, 5.41) is 4.66. The summed E-state index contributed by atoms with van der Waals surface area (Å²) in [6, 6.07) is 11.6. The molecular weight excluding hydrogens is 433 g/mol. The smallest absolute Gasteiger partial charge is 0.341 e. The Bertz CT molecular complexity index is 987. The number of benzene rings is 2. The number of carbonyl (C=O) groups excluding carboxylic acids is 2. The number of halogens is 2. The number of hydrogen-bond acceptors (Lipinski definition) is 7. The van der Waals surface area contributed by atoms with E-state index in [1.807, 2.05) is 0 Å². The molecule has 2 aromatic carbocycles. The molecule has 0 aliphatic rings. The van der Waals surface area contributed by atoms with Crippen molar-refractivity contribution in [3.63, 3.8) is 0 Å². The fraction of sp³-hybridized carbons (Fsp3) is 0.190. The van der Waals surface area contributed by atoms with Crippen LogP contribution in [0.15, 0.2) is 53.9 Å². The van der Waals surface area contributed by atoms with Crippen LogP contribution in [0, 0.1) is 0 Å². The van der Waals surface area contributed by atoms with Gasteiger partial charge in [-0.2, -0.15) is 0 Å². The predicted molar refractivity (Wildman–Crippen MR) is 114 cm³/mol. The Morgan fingerprint density at radius 1 is 1.07 bits per heavy atom. The molecule has 30 heavy (non-hydrogen) atoms. The molecule has 0 N–H and O–H groups in total. The monoisotopic (exact) mass is 451 g/mol. The molecule has 0 aliphatic carbocycles. The van der Waals surface area contributed by atoms with Crippen molar-refractivity contribution in [1.82, 2.24) is 0 Å². The lowest BCUT2D eigenvalue weighted by molar-refractivity contribution is -0.141. The maximum absolute atomic E-state index is 12.2. The first-order chi connectivity index (χ1) is 14.4. The zero-order valence-electron chi connectivity index (χ0n) is 16.5. The van der Waals surface area contributed by atoms with Crippen molar-refractivity contribution in [2.24, 2.45) is 5.16 Å². The maximum atomic E-state index is 12.2. The minimum atomic E-state index is -0.616. The van der Waals surface area contributed by atoms with Crippen molar-refractivity contribution in [1.29, 1.82) is 0 Å². The van der Waals surface area contributed by atoms with Gasteiger partial charge in [-0.3, -0.25) is 0 Å².